The van der Waals surface area contributed by atoms with Gasteiger partial charge in [0.1, 0.15) is 6.04 Å². The normalized spacial score (nSPS) is 28.1. The first-order chi connectivity index (χ1) is 13.1. The van der Waals surface area contributed by atoms with Crippen LogP contribution in [0.1, 0.15) is 23.6 Å². The molecule has 3 atom stereocenters. The summed E-state index contributed by atoms with van der Waals surface area (Å²) in [6.45, 7) is 3.78. The number of fused-ring (bicyclic) bond motifs is 3. The molecular formula is C21H20BrN3O2. The highest BCUT2D eigenvalue weighted by molar-refractivity contribution is 9.10. The smallest absolute Gasteiger partial charge is 0.253 e. The maximum atomic E-state index is 13.4. The number of anilines is 1. The zero-order valence-electron chi connectivity index (χ0n) is 15.0. The minimum Gasteiger partial charge on any atom is -0.274 e. The van der Waals surface area contributed by atoms with E-state index >= 15 is 0 Å². The van der Waals surface area contributed by atoms with E-state index in [2.05, 4.69) is 57.1 Å². The zero-order chi connectivity index (χ0) is 18.7. The van der Waals surface area contributed by atoms with Crippen LogP contribution in [0.5, 0.6) is 0 Å². The maximum Gasteiger partial charge on any atom is 0.253 e. The average Bonchev–Trinajstić information content (AvgIpc) is 3.30. The molecule has 5 nitrogen and oxygen atoms in total. The lowest BCUT2D eigenvalue weighted by Crippen LogP contribution is -2.44. The van der Waals surface area contributed by atoms with E-state index in [0.717, 1.165) is 29.5 Å². The van der Waals surface area contributed by atoms with Gasteiger partial charge in [-0.1, -0.05) is 45.8 Å². The molecule has 138 valence electrons. The van der Waals surface area contributed by atoms with Crippen molar-refractivity contribution in [1.29, 1.82) is 0 Å². The van der Waals surface area contributed by atoms with Gasteiger partial charge in [-0.15, -0.1) is 0 Å². The van der Waals surface area contributed by atoms with E-state index in [1.807, 2.05) is 24.3 Å². The Hall–Kier alpha value is -2.02. The standard InChI is InChI=1S/C21H20BrN3O2/c1-13-3-5-14(6-4-13)18-17-19(24-12-2-11-23(18)24)21(27)25(20(17)26)16-9-7-15(22)8-10-16/h3-10,17-19H,2,11-12H2,1H3/t17-,18+,19+/m0/s1. The summed E-state index contributed by atoms with van der Waals surface area (Å²) in [4.78, 5) is 28.1. The van der Waals surface area contributed by atoms with E-state index in [1.165, 1.54) is 10.5 Å². The Morgan fingerprint density at radius 2 is 1.48 bits per heavy atom. The molecule has 0 radical (unpaired) electrons. The predicted molar refractivity (Wildman–Crippen MR) is 106 cm³/mol. The van der Waals surface area contributed by atoms with Crippen LogP contribution < -0.4 is 4.90 Å². The summed E-state index contributed by atoms with van der Waals surface area (Å²) in [5, 5.41) is 4.38. The SMILES string of the molecule is Cc1ccc([C@@H]2[C@@H]3C(=O)N(c4ccc(Br)cc4)C(=O)[C@@H]3N3CCCN23)cc1. The second-order valence-corrected chi connectivity index (χ2v) is 8.41. The molecule has 27 heavy (non-hydrogen) atoms. The third-order valence-corrected chi connectivity index (χ3v) is 6.44. The van der Waals surface area contributed by atoms with Gasteiger partial charge in [0.15, 0.2) is 0 Å². The van der Waals surface area contributed by atoms with Gasteiger partial charge in [0, 0.05) is 17.6 Å². The molecule has 6 heteroatoms. The van der Waals surface area contributed by atoms with E-state index < -0.39 is 6.04 Å². The number of hydrogen-bond donors (Lipinski definition) is 0. The lowest BCUT2D eigenvalue weighted by atomic mass is 9.89. The summed E-state index contributed by atoms with van der Waals surface area (Å²) >= 11 is 3.41. The first-order valence-electron chi connectivity index (χ1n) is 9.29. The summed E-state index contributed by atoms with van der Waals surface area (Å²) in [5.74, 6) is -0.551. The molecule has 2 aromatic rings. The number of hydrogen-bond acceptors (Lipinski definition) is 4. The van der Waals surface area contributed by atoms with Gasteiger partial charge in [-0.3, -0.25) is 9.59 Å². The molecule has 3 fully saturated rings. The van der Waals surface area contributed by atoms with E-state index in [0.29, 0.717) is 5.69 Å². The largest absolute Gasteiger partial charge is 0.274 e. The second-order valence-electron chi connectivity index (χ2n) is 7.49. The molecule has 3 saturated heterocycles. The van der Waals surface area contributed by atoms with Gasteiger partial charge in [0.2, 0.25) is 5.91 Å². The molecule has 3 aliphatic rings. The molecule has 0 N–H and O–H groups in total. The van der Waals surface area contributed by atoms with Crippen molar-refractivity contribution in [3.8, 4) is 0 Å². The fourth-order valence-corrected chi connectivity index (χ4v) is 4.99. The molecule has 0 aromatic heterocycles. The summed E-state index contributed by atoms with van der Waals surface area (Å²) in [5.41, 5.74) is 2.95. The highest BCUT2D eigenvalue weighted by Crippen LogP contribution is 2.48. The topological polar surface area (TPSA) is 43.9 Å². The molecule has 0 unspecified atom stereocenters. The number of benzene rings is 2. The summed E-state index contributed by atoms with van der Waals surface area (Å²) in [7, 11) is 0. The van der Waals surface area contributed by atoms with Crippen LogP contribution in [0.4, 0.5) is 5.69 Å². The van der Waals surface area contributed by atoms with Crippen LogP contribution in [0.25, 0.3) is 0 Å². The number of imide groups is 1. The van der Waals surface area contributed by atoms with Crippen LogP contribution in [-0.4, -0.2) is 41.0 Å². The van der Waals surface area contributed by atoms with Crippen LogP contribution in [0, 0.1) is 12.8 Å². The van der Waals surface area contributed by atoms with Gasteiger partial charge in [0.05, 0.1) is 17.6 Å². The van der Waals surface area contributed by atoms with Crippen LogP contribution in [0.3, 0.4) is 0 Å². The van der Waals surface area contributed by atoms with Crippen LogP contribution in [-0.2, 0) is 9.59 Å². The lowest BCUT2D eigenvalue weighted by Gasteiger charge is -2.29. The van der Waals surface area contributed by atoms with Gasteiger partial charge >= 0.3 is 0 Å². The number of nitrogens with zero attached hydrogens (tertiary/aromatic N) is 3. The molecule has 0 spiro atoms. The molecule has 2 amide bonds. The fourth-order valence-electron chi connectivity index (χ4n) is 4.72. The highest BCUT2D eigenvalue weighted by Gasteiger charge is 2.62. The van der Waals surface area contributed by atoms with E-state index in [4.69, 9.17) is 0 Å². The van der Waals surface area contributed by atoms with Crippen LogP contribution in [0.2, 0.25) is 0 Å². The van der Waals surface area contributed by atoms with Gasteiger partial charge in [0.25, 0.3) is 5.91 Å². The number of halogens is 1. The number of rotatable bonds is 2. The third kappa shape index (κ3) is 2.51. The predicted octanol–water partition coefficient (Wildman–Crippen LogP) is 3.29. The molecular weight excluding hydrogens is 406 g/mol. The van der Waals surface area contributed by atoms with E-state index in [9.17, 15) is 9.59 Å². The van der Waals surface area contributed by atoms with Gasteiger partial charge < -0.3 is 0 Å². The first-order valence-corrected chi connectivity index (χ1v) is 10.1. The quantitative estimate of drug-likeness (QED) is 0.692. The molecule has 0 aliphatic carbocycles. The molecule has 0 bridgehead atoms. The van der Waals surface area contributed by atoms with Crippen molar-refractivity contribution in [3.63, 3.8) is 0 Å². The Morgan fingerprint density at radius 1 is 0.852 bits per heavy atom. The Balaban J connectivity index is 1.57. The molecule has 3 aliphatic heterocycles. The van der Waals surface area contributed by atoms with Gasteiger partial charge in [-0.25, -0.2) is 14.9 Å². The Kier molecular flexibility index (Phi) is 3.96. The van der Waals surface area contributed by atoms with Gasteiger partial charge in [-0.2, -0.15) is 0 Å². The van der Waals surface area contributed by atoms with E-state index in [-0.39, 0.29) is 23.8 Å². The lowest BCUT2D eigenvalue weighted by molar-refractivity contribution is -0.126. The van der Waals surface area contributed by atoms with Crippen molar-refractivity contribution in [2.75, 3.05) is 18.0 Å². The van der Waals surface area contributed by atoms with Crippen molar-refractivity contribution >= 4 is 33.4 Å². The molecule has 0 saturated carbocycles. The maximum absolute atomic E-state index is 13.4. The van der Waals surface area contributed by atoms with Crippen LogP contribution >= 0.6 is 15.9 Å². The first kappa shape index (κ1) is 17.1. The Bertz CT molecular complexity index is 912. The second kappa shape index (κ2) is 6.26. The van der Waals surface area contributed by atoms with Gasteiger partial charge in [-0.05, 0) is 43.2 Å². The van der Waals surface area contributed by atoms with Crippen LogP contribution in [0.15, 0.2) is 53.0 Å². The highest BCUT2D eigenvalue weighted by atomic mass is 79.9. The van der Waals surface area contributed by atoms with Crippen molar-refractivity contribution in [3.05, 3.63) is 64.1 Å². The molecule has 3 heterocycles. The van der Waals surface area contributed by atoms with Crippen molar-refractivity contribution in [2.24, 2.45) is 5.92 Å². The minimum atomic E-state index is -0.394. The van der Waals surface area contributed by atoms with Crippen molar-refractivity contribution < 1.29 is 9.59 Å². The third-order valence-electron chi connectivity index (χ3n) is 5.91. The number of amides is 2. The average molecular weight is 426 g/mol. The number of hydrazine groups is 1. The Labute approximate surface area is 166 Å². The summed E-state index contributed by atoms with van der Waals surface area (Å²) in [6, 6.07) is 15.3. The number of aryl methyl sites for hydroxylation is 1. The monoisotopic (exact) mass is 425 g/mol. The summed E-state index contributed by atoms with van der Waals surface area (Å²) < 4.78 is 0.925. The van der Waals surface area contributed by atoms with E-state index in [1.54, 1.807) is 0 Å². The van der Waals surface area contributed by atoms with Crippen molar-refractivity contribution in [2.45, 2.75) is 25.4 Å². The number of carbonyl (C=O) groups excluding carboxylic acids is 2. The Morgan fingerprint density at radius 3 is 2.15 bits per heavy atom. The summed E-state index contributed by atoms with van der Waals surface area (Å²) in [6.07, 6.45) is 1.02. The fraction of sp³-hybridized carbons (Fsp3) is 0.333. The molecule has 2 aromatic carbocycles. The minimum absolute atomic E-state index is 0.0741. The zero-order valence-corrected chi connectivity index (χ0v) is 16.6. The van der Waals surface area contributed by atoms with Crippen molar-refractivity contribution in [1.82, 2.24) is 10.0 Å². The molecule has 5 rings (SSSR count). The number of carbonyl (C=O) groups is 2.